The van der Waals surface area contributed by atoms with Crippen LogP contribution in [0.25, 0.3) is 0 Å². The summed E-state index contributed by atoms with van der Waals surface area (Å²) in [7, 11) is 1.65. The van der Waals surface area contributed by atoms with Gasteiger partial charge in [0.15, 0.2) is 0 Å². The minimum atomic E-state index is -0.352. The van der Waals surface area contributed by atoms with Gasteiger partial charge in [-0.25, -0.2) is 0 Å². The van der Waals surface area contributed by atoms with Gasteiger partial charge in [0.1, 0.15) is 5.76 Å². The van der Waals surface area contributed by atoms with Crippen molar-refractivity contribution in [3.8, 4) is 0 Å². The number of nitrogens with zero attached hydrogens (tertiary/aromatic N) is 1. The van der Waals surface area contributed by atoms with E-state index in [0.717, 1.165) is 0 Å². The smallest absolute Gasteiger partial charge is 0.253 e. The quantitative estimate of drug-likeness (QED) is 0.460. The van der Waals surface area contributed by atoms with Crippen molar-refractivity contribution in [2.24, 2.45) is 0 Å². The third-order valence-electron chi connectivity index (χ3n) is 4.38. The summed E-state index contributed by atoms with van der Waals surface area (Å²) in [5.41, 5.74) is 1.29. The van der Waals surface area contributed by atoms with Gasteiger partial charge < -0.3 is 20.4 Å². The van der Waals surface area contributed by atoms with Gasteiger partial charge >= 0.3 is 0 Å². The Morgan fingerprint density at radius 3 is 2.41 bits per heavy atom. The molecular weight excluding hydrogens is 432 g/mol. The fourth-order valence-corrected chi connectivity index (χ4v) is 3.16. The maximum absolute atomic E-state index is 12.5. The van der Waals surface area contributed by atoms with E-state index in [0.29, 0.717) is 27.7 Å². The monoisotopic (exact) mass is 454 g/mol. The number of amides is 3. The van der Waals surface area contributed by atoms with E-state index in [1.807, 2.05) is 0 Å². The van der Waals surface area contributed by atoms with Crippen LogP contribution in [-0.4, -0.2) is 42.8 Å². The van der Waals surface area contributed by atoms with Crippen molar-refractivity contribution in [2.75, 3.05) is 30.8 Å². The summed E-state index contributed by atoms with van der Waals surface area (Å²) in [6.07, 6.45) is 1.53. The third kappa shape index (κ3) is 6.97. The highest BCUT2D eigenvalue weighted by atomic mass is 35.5. The Labute approximate surface area is 190 Å². The standard InChI is InChI=1S/C23H23ClN4O4/c1-28(14-21(29)26-17-7-4-6-16(24)12-17)15-22(30)27-20-10-3-2-9-19(20)23(31)25-13-18-8-5-11-32-18/h2-12H,13-15H2,1H3,(H,25,31)(H,26,29)(H,27,30). The fourth-order valence-electron chi connectivity index (χ4n) is 2.97. The number of furan rings is 1. The predicted octanol–water partition coefficient (Wildman–Crippen LogP) is 3.37. The summed E-state index contributed by atoms with van der Waals surface area (Å²) in [5.74, 6) is -0.348. The molecule has 0 spiro atoms. The van der Waals surface area contributed by atoms with Crippen LogP contribution in [0.5, 0.6) is 0 Å². The second-order valence-corrected chi connectivity index (χ2v) is 7.52. The summed E-state index contributed by atoms with van der Waals surface area (Å²) in [5, 5.41) is 8.73. The Morgan fingerprint density at radius 2 is 1.69 bits per heavy atom. The minimum Gasteiger partial charge on any atom is -0.467 e. The average molecular weight is 455 g/mol. The van der Waals surface area contributed by atoms with Crippen LogP contribution in [0.2, 0.25) is 5.02 Å². The highest BCUT2D eigenvalue weighted by molar-refractivity contribution is 6.30. The Morgan fingerprint density at radius 1 is 0.938 bits per heavy atom. The van der Waals surface area contributed by atoms with Crippen molar-refractivity contribution in [3.63, 3.8) is 0 Å². The average Bonchev–Trinajstić information content (AvgIpc) is 3.25. The molecule has 0 aliphatic carbocycles. The molecule has 0 aliphatic rings. The predicted molar refractivity (Wildman–Crippen MR) is 123 cm³/mol. The number of hydrogen-bond acceptors (Lipinski definition) is 5. The van der Waals surface area contributed by atoms with Gasteiger partial charge in [-0.1, -0.05) is 29.8 Å². The number of rotatable bonds is 9. The van der Waals surface area contributed by atoms with Crippen LogP contribution in [0.15, 0.2) is 71.3 Å². The molecular formula is C23H23ClN4O4. The normalized spacial score (nSPS) is 10.6. The fraction of sp³-hybridized carbons (Fsp3) is 0.174. The maximum Gasteiger partial charge on any atom is 0.253 e. The highest BCUT2D eigenvalue weighted by Crippen LogP contribution is 2.16. The Balaban J connectivity index is 1.51. The summed E-state index contributed by atoms with van der Waals surface area (Å²) >= 11 is 5.91. The summed E-state index contributed by atoms with van der Waals surface area (Å²) in [6.45, 7) is 0.203. The van der Waals surface area contributed by atoms with E-state index in [-0.39, 0.29) is 37.4 Å². The molecule has 0 saturated heterocycles. The Hall–Kier alpha value is -3.62. The molecule has 0 saturated carbocycles. The van der Waals surface area contributed by atoms with E-state index in [9.17, 15) is 14.4 Å². The molecule has 3 rings (SSSR count). The van der Waals surface area contributed by atoms with Crippen molar-refractivity contribution in [2.45, 2.75) is 6.54 Å². The molecule has 8 nitrogen and oxygen atoms in total. The second-order valence-electron chi connectivity index (χ2n) is 7.09. The lowest BCUT2D eigenvalue weighted by molar-refractivity contribution is -0.119. The van der Waals surface area contributed by atoms with E-state index in [1.54, 1.807) is 72.6 Å². The number of halogens is 1. The topological polar surface area (TPSA) is 104 Å². The minimum absolute atomic E-state index is 0.00517. The third-order valence-corrected chi connectivity index (χ3v) is 4.62. The van der Waals surface area contributed by atoms with Crippen LogP contribution < -0.4 is 16.0 Å². The summed E-state index contributed by atoms with van der Waals surface area (Å²) in [4.78, 5) is 38.8. The number of benzene rings is 2. The maximum atomic E-state index is 12.5. The molecule has 0 atom stereocenters. The zero-order chi connectivity index (χ0) is 22.9. The van der Waals surface area contributed by atoms with Gasteiger partial charge in [0.2, 0.25) is 11.8 Å². The van der Waals surface area contributed by atoms with Gasteiger partial charge in [-0.2, -0.15) is 0 Å². The molecule has 166 valence electrons. The van der Waals surface area contributed by atoms with Crippen molar-refractivity contribution in [1.82, 2.24) is 10.2 Å². The molecule has 3 aromatic rings. The van der Waals surface area contributed by atoms with Crippen LogP contribution in [0.3, 0.4) is 0 Å². The lowest BCUT2D eigenvalue weighted by Crippen LogP contribution is -2.36. The lowest BCUT2D eigenvalue weighted by Gasteiger charge is -2.17. The van der Waals surface area contributed by atoms with Gasteiger partial charge in [0, 0.05) is 10.7 Å². The molecule has 32 heavy (non-hydrogen) atoms. The molecule has 0 radical (unpaired) electrons. The SMILES string of the molecule is CN(CC(=O)Nc1cccc(Cl)c1)CC(=O)Nc1ccccc1C(=O)NCc1ccco1. The zero-order valence-corrected chi connectivity index (χ0v) is 18.2. The van der Waals surface area contributed by atoms with E-state index >= 15 is 0 Å². The largest absolute Gasteiger partial charge is 0.467 e. The van der Waals surface area contributed by atoms with Gasteiger partial charge in [-0.15, -0.1) is 0 Å². The van der Waals surface area contributed by atoms with E-state index in [1.165, 1.54) is 6.26 Å². The summed E-state index contributed by atoms with van der Waals surface area (Å²) < 4.78 is 5.20. The number of hydrogen-bond donors (Lipinski definition) is 3. The number of anilines is 2. The molecule has 0 aliphatic heterocycles. The molecule has 3 N–H and O–H groups in total. The first-order valence-electron chi connectivity index (χ1n) is 9.84. The first-order chi connectivity index (χ1) is 15.4. The highest BCUT2D eigenvalue weighted by Gasteiger charge is 2.15. The molecule has 0 unspecified atom stereocenters. The van der Waals surface area contributed by atoms with Gasteiger partial charge in [-0.3, -0.25) is 19.3 Å². The van der Waals surface area contributed by atoms with Crippen LogP contribution in [-0.2, 0) is 16.1 Å². The lowest BCUT2D eigenvalue weighted by atomic mass is 10.1. The van der Waals surface area contributed by atoms with Crippen molar-refractivity contribution < 1.29 is 18.8 Å². The van der Waals surface area contributed by atoms with E-state index in [4.69, 9.17) is 16.0 Å². The van der Waals surface area contributed by atoms with Crippen molar-refractivity contribution in [3.05, 3.63) is 83.3 Å². The number of para-hydroxylation sites is 1. The molecule has 1 aromatic heterocycles. The zero-order valence-electron chi connectivity index (χ0n) is 17.4. The molecule has 0 bridgehead atoms. The number of carbonyl (C=O) groups is 3. The van der Waals surface area contributed by atoms with E-state index in [2.05, 4.69) is 16.0 Å². The Kier molecular flexibility index (Phi) is 8.02. The number of carbonyl (C=O) groups excluding carboxylic acids is 3. The van der Waals surface area contributed by atoms with E-state index < -0.39 is 0 Å². The number of likely N-dealkylation sites (N-methyl/N-ethyl adjacent to an activating group) is 1. The van der Waals surface area contributed by atoms with Crippen LogP contribution in [0.4, 0.5) is 11.4 Å². The van der Waals surface area contributed by atoms with Crippen molar-refractivity contribution in [1.29, 1.82) is 0 Å². The van der Waals surface area contributed by atoms with Crippen molar-refractivity contribution >= 4 is 40.7 Å². The molecule has 9 heteroatoms. The molecule has 3 amide bonds. The van der Waals surface area contributed by atoms with Crippen LogP contribution in [0, 0.1) is 0 Å². The van der Waals surface area contributed by atoms with Crippen LogP contribution in [0.1, 0.15) is 16.1 Å². The first kappa shape index (κ1) is 23.1. The summed E-state index contributed by atoms with van der Waals surface area (Å²) in [6, 6.07) is 17.0. The van der Waals surface area contributed by atoms with Gasteiger partial charge in [0.25, 0.3) is 5.91 Å². The number of nitrogens with one attached hydrogen (secondary N) is 3. The second kappa shape index (κ2) is 11.1. The Bertz CT molecular complexity index is 1090. The van der Waals surface area contributed by atoms with Gasteiger partial charge in [0.05, 0.1) is 37.1 Å². The van der Waals surface area contributed by atoms with Gasteiger partial charge in [-0.05, 0) is 49.5 Å². The van der Waals surface area contributed by atoms with Crippen LogP contribution >= 0.6 is 11.6 Å². The molecule has 2 aromatic carbocycles. The molecule has 0 fully saturated rings. The first-order valence-corrected chi connectivity index (χ1v) is 10.2. The molecule has 1 heterocycles.